The van der Waals surface area contributed by atoms with E-state index in [0.29, 0.717) is 17.5 Å². The van der Waals surface area contributed by atoms with E-state index in [4.69, 9.17) is 15.0 Å². The molecule has 0 bridgehead atoms. The summed E-state index contributed by atoms with van der Waals surface area (Å²) in [5, 5.41) is 7.45. The van der Waals surface area contributed by atoms with Crippen LogP contribution in [0.25, 0.3) is 105 Å². The maximum Gasteiger partial charge on any atom is 0.166 e. The zero-order chi connectivity index (χ0) is 42.4. The first-order valence-corrected chi connectivity index (χ1v) is 21.8. The summed E-state index contributed by atoms with van der Waals surface area (Å²) in [7, 11) is 0. The lowest BCUT2D eigenvalue weighted by Gasteiger charge is -2.16. The van der Waals surface area contributed by atoms with Crippen molar-refractivity contribution in [2.45, 2.75) is 6.42 Å². The van der Waals surface area contributed by atoms with Gasteiger partial charge in [-0.3, -0.25) is 0 Å². The lowest BCUT2D eigenvalue weighted by atomic mass is 9.88. The molecule has 0 amide bonds. The van der Waals surface area contributed by atoms with E-state index in [-0.39, 0.29) is 0 Å². The molecule has 0 radical (unpaired) electrons. The number of para-hydroxylation sites is 2. The molecule has 12 rings (SSSR count). The van der Waals surface area contributed by atoms with Gasteiger partial charge < -0.3 is 4.57 Å². The summed E-state index contributed by atoms with van der Waals surface area (Å²) in [4.78, 5) is 15.6. The van der Waals surface area contributed by atoms with Crippen LogP contribution in [-0.4, -0.2) is 19.5 Å². The first kappa shape index (κ1) is 37.3. The molecule has 0 N–H and O–H groups in total. The molecule has 4 nitrogen and oxygen atoms in total. The standard InChI is InChI=1S/C60H40N4/c1-4-18-40(19-5-1)38-46-39-45-24-10-11-25-47(45)56-48(46)28-16-29-49(56)50-30-17-33-55-57(50)51-26-12-14-31-53(51)64(55)54-32-15-13-27-52(54)60-62-58(43-22-8-3-9-23-43)61-59(63-60)44-36-34-42(35-37-44)41-20-6-2-7-21-41/h1-37,39H,38H2. The van der Waals surface area contributed by atoms with Crippen molar-refractivity contribution >= 4 is 43.4 Å². The second-order valence-electron chi connectivity index (χ2n) is 16.3. The van der Waals surface area contributed by atoms with Crippen LogP contribution in [0.2, 0.25) is 0 Å². The molecular formula is C60H40N4. The van der Waals surface area contributed by atoms with Gasteiger partial charge in [-0.05, 0) is 85.6 Å². The predicted octanol–water partition coefficient (Wildman–Crippen LogP) is 15.2. The van der Waals surface area contributed by atoms with Gasteiger partial charge in [-0.25, -0.2) is 15.0 Å². The van der Waals surface area contributed by atoms with Crippen LogP contribution >= 0.6 is 0 Å². The lowest BCUT2D eigenvalue weighted by molar-refractivity contribution is 1.06. The number of hydrogen-bond donors (Lipinski definition) is 0. The first-order valence-electron chi connectivity index (χ1n) is 21.8. The van der Waals surface area contributed by atoms with Gasteiger partial charge in [-0.1, -0.05) is 206 Å². The Balaban J connectivity index is 1.07. The molecule has 0 saturated carbocycles. The Morgan fingerprint density at radius 3 is 1.59 bits per heavy atom. The molecule has 64 heavy (non-hydrogen) atoms. The minimum Gasteiger partial charge on any atom is -0.308 e. The average Bonchev–Trinajstić information content (AvgIpc) is 3.71. The van der Waals surface area contributed by atoms with Gasteiger partial charge in [0.15, 0.2) is 17.5 Å². The Bertz CT molecular complexity index is 3670. The number of rotatable bonds is 8. The summed E-state index contributed by atoms with van der Waals surface area (Å²) >= 11 is 0. The molecule has 0 fully saturated rings. The predicted molar refractivity (Wildman–Crippen MR) is 266 cm³/mol. The first-order chi connectivity index (χ1) is 31.7. The molecule has 4 heteroatoms. The second kappa shape index (κ2) is 15.8. The minimum atomic E-state index is 0.611. The maximum absolute atomic E-state index is 5.26. The molecule has 0 atom stereocenters. The van der Waals surface area contributed by atoms with Crippen LogP contribution in [0.1, 0.15) is 11.1 Å². The average molecular weight is 817 g/mol. The molecule has 10 aromatic carbocycles. The van der Waals surface area contributed by atoms with Crippen molar-refractivity contribution in [3.8, 4) is 62.1 Å². The summed E-state index contributed by atoms with van der Waals surface area (Å²) in [5.41, 5.74) is 13.3. The molecule has 0 saturated heterocycles. The van der Waals surface area contributed by atoms with Crippen LogP contribution in [-0.2, 0) is 6.42 Å². The van der Waals surface area contributed by atoms with Crippen molar-refractivity contribution < 1.29 is 0 Å². The normalized spacial score (nSPS) is 11.5. The smallest absolute Gasteiger partial charge is 0.166 e. The molecule has 2 aromatic heterocycles. The van der Waals surface area contributed by atoms with Gasteiger partial charge in [0.2, 0.25) is 0 Å². The van der Waals surface area contributed by atoms with E-state index in [1.807, 2.05) is 24.3 Å². The topological polar surface area (TPSA) is 43.6 Å². The second-order valence-corrected chi connectivity index (χ2v) is 16.3. The lowest BCUT2D eigenvalue weighted by Crippen LogP contribution is -2.03. The SMILES string of the molecule is c1ccc(Cc2cc3ccccc3c3c(-c4cccc5c4c4ccccc4n5-c4ccccc4-c4nc(-c5ccccc5)nc(-c5ccc(-c6ccccc6)cc5)n4)cccc23)cc1. The fraction of sp³-hybridized carbons (Fsp3) is 0.0167. The highest BCUT2D eigenvalue weighted by atomic mass is 15.1. The summed E-state index contributed by atoms with van der Waals surface area (Å²) in [5.74, 6) is 1.86. The molecule has 0 aliphatic heterocycles. The largest absolute Gasteiger partial charge is 0.308 e. The third-order valence-electron chi connectivity index (χ3n) is 12.5. The van der Waals surface area contributed by atoms with Gasteiger partial charge in [-0.2, -0.15) is 0 Å². The van der Waals surface area contributed by atoms with Gasteiger partial charge >= 0.3 is 0 Å². The fourth-order valence-corrected chi connectivity index (χ4v) is 9.56. The Hall–Kier alpha value is -8.47. The summed E-state index contributed by atoms with van der Waals surface area (Å²) in [6, 6.07) is 82.0. The molecule has 0 spiro atoms. The van der Waals surface area contributed by atoms with Gasteiger partial charge in [-0.15, -0.1) is 0 Å². The van der Waals surface area contributed by atoms with Crippen LogP contribution in [0.4, 0.5) is 0 Å². The van der Waals surface area contributed by atoms with Crippen molar-refractivity contribution in [1.29, 1.82) is 0 Å². The molecule has 300 valence electrons. The van der Waals surface area contributed by atoms with Crippen molar-refractivity contribution in [2.75, 3.05) is 0 Å². The highest BCUT2D eigenvalue weighted by Gasteiger charge is 2.22. The number of fused-ring (bicyclic) bond motifs is 6. The summed E-state index contributed by atoms with van der Waals surface area (Å²) in [6.07, 6.45) is 0.857. The quantitative estimate of drug-likeness (QED) is 0.144. The zero-order valence-electron chi connectivity index (χ0n) is 34.9. The number of benzene rings is 10. The van der Waals surface area contributed by atoms with E-state index in [2.05, 4.69) is 211 Å². The van der Waals surface area contributed by atoms with Crippen molar-refractivity contribution in [1.82, 2.24) is 19.5 Å². The number of hydrogen-bond acceptors (Lipinski definition) is 3. The van der Waals surface area contributed by atoms with Crippen LogP contribution in [0.5, 0.6) is 0 Å². The van der Waals surface area contributed by atoms with Crippen molar-refractivity contribution in [3.05, 3.63) is 242 Å². The third kappa shape index (κ3) is 6.52. The molecule has 2 heterocycles. The van der Waals surface area contributed by atoms with E-state index >= 15 is 0 Å². The van der Waals surface area contributed by atoms with Gasteiger partial charge in [0, 0.05) is 27.5 Å². The molecule has 0 aliphatic rings. The summed E-state index contributed by atoms with van der Waals surface area (Å²) < 4.78 is 2.40. The highest BCUT2D eigenvalue weighted by Crippen LogP contribution is 2.44. The van der Waals surface area contributed by atoms with E-state index in [0.717, 1.165) is 45.4 Å². The van der Waals surface area contributed by atoms with Crippen LogP contribution in [0.3, 0.4) is 0 Å². The van der Waals surface area contributed by atoms with Crippen LogP contribution in [0.15, 0.2) is 231 Å². The Kier molecular flexibility index (Phi) is 9.19. The van der Waals surface area contributed by atoms with Crippen molar-refractivity contribution in [2.24, 2.45) is 0 Å². The number of nitrogens with zero attached hydrogens (tertiary/aromatic N) is 4. The molecular weight excluding hydrogens is 777 g/mol. The Labute approximate surface area is 371 Å². The van der Waals surface area contributed by atoms with Crippen molar-refractivity contribution in [3.63, 3.8) is 0 Å². The van der Waals surface area contributed by atoms with E-state index in [9.17, 15) is 0 Å². The monoisotopic (exact) mass is 816 g/mol. The Morgan fingerprint density at radius 2 is 0.828 bits per heavy atom. The Morgan fingerprint density at radius 1 is 0.328 bits per heavy atom. The molecule has 12 aromatic rings. The zero-order valence-corrected chi connectivity index (χ0v) is 34.9. The maximum atomic E-state index is 5.26. The highest BCUT2D eigenvalue weighted by molar-refractivity contribution is 6.22. The third-order valence-corrected chi connectivity index (χ3v) is 12.5. The fourth-order valence-electron chi connectivity index (χ4n) is 9.56. The molecule has 0 aliphatic carbocycles. The van der Waals surface area contributed by atoms with Gasteiger partial charge in [0.05, 0.1) is 16.7 Å². The number of aromatic nitrogens is 4. The van der Waals surface area contributed by atoms with Gasteiger partial charge in [0.25, 0.3) is 0 Å². The minimum absolute atomic E-state index is 0.611. The van der Waals surface area contributed by atoms with E-state index < -0.39 is 0 Å². The van der Waals surface area contributed by atoms with Crippen LogP contribution in [0, 0.1) is 0 Å². The van der Waals surface area contributed by atoms with Gasteiger partial charge in [0.1, 0.15) is 0 Å². The van der Waals surface area contributed by atoms with E-state index in [1.54, 1.807) is 0 Å². The van der Waals surface area contributed by atoms with E-state index in [1.165, 1.54) is 60.1 Å². The summed E-state index contributed by atoms with van der Waals surface area (Å²) in [6.45, 7) is 0. The molecule has 0 unspecified atom stereocenters. The van der Waals surface area contributed by atoms with Crippen LogP contribution < -0.4 is 0 Å².